The molecule has 0 fully saturated rings. The number of H-pyrrole nitrogens is 1. The second-order valence-electron chi connectivity index (χ2n) is 2.55. The number of nitrogens with one attached hydrogen (secondary N) is 1. The van der Waals surface area contributed by atoms with Gasteiger partial charge in [0.2, 0.25) is 0 Å². The van der Waals surface area contributed by atoms with Gasteiger partial charge in [-0.05, 0) is 18.2 Å². The van der Waals surface area contributed by atoms with E-state index in [1.165, 1.54) is 0 Å². The zero-order valence-electron chi connectivity index (χ0n) is 6.66. The molecule has 2 rings (SSSR count). The number of ether oxygens (including phenoxy) is 1. The molecule has 2 aromatic rings. The molecule has 1 N–H and O–H groups in total. The van der Waals surface area contributed by atoms with Gasteiger partial charge in [-0.15, -0.1) is 12.6 Å². The van der Waals surface area contributed by atoms with E-state index in [1.807, 2.05) is 24.4 Å². The first-order valence-electron chi connectivity index (χ1n) is 3.66. The SMILES string of the molecule is COc1ccc(S)c2cc[nH]c12. The van der Waals surface area contributed by atoms with Crippen molar-refractivity contribution in [3.63, 3.8) is 0 Å². The first-order valence-corrected chi connectivity index (χ1v) is 4.10. The second-order valence-corrected chi connectivity index (χ2v) is 3.04. The minimum absolute atomic E-state index is 0.854. The Labute approximate surface area is 76.0 Å². The summed E-state index contributed by atoms with van der Waals surface area (Å²) in [6, 6.07) is 5.82. The summed E-state index contributed by atoms with van der Waals surface area (Å²) in [6.45, 7) is 0. The Morgan fingerprint density at radius 1 is 1.33 bits per heavy atom. The first-order chi connectivity index (χ1) is 5.83. The molecule has 12 heavy (non-hydrogen) atoms. The third kappa shape index (κ3) is 0.975. The number of fused-ring (bicyclic) bond motifs is 1. The highest BCUT2D eigenvalue weighted by atomic mass is 32.1. The second kappa shape index (κ2) is 2.75. The Kier molecular flexibility index (Phi) is 1.73. The van der Waals surface area contributed by atoms with Crippen LogP contribution in [-0.4, -0.2) is 12.1 Å². The van der Waals surface area contributed by atoms with Gasteiger partial charge >= 0.3 is 0 Å². The highest BCUT2D eigenvalue weighted by Crippen LogP contribution is 2.28. The molecule has 0 atom stereocenters. The fraction of sp³-hybridized carbons (Fsp3) is 0.111. The molecule has 0 saturated carbocycles. The maximum Gasteiger partial charge on any atom is 0.142 e. The Balaban J connectivity index is 2.82. The largest absolute Gasteiger partial charge is 0.495 e. The lowest BCUT2D eigenvalue weighted by molar-refractivity contribution is 0.419. The van der Waals surface area contributed by atoms with Crippen LogP contribution in [-0.2, 0) is 0 Å². The van der Waals surface area contributed by atoms with Gasteiger partial charge in [0.15, 0.2) is 0 Å². The van der Waals surface area contributed by atoms with Crippen LogP contribution < -0.4 is 4.74 Å². The fourth-order valence-electron chi connectivity index (χ4n) is 1.28. The number of rotatable bonds is 1. The van der Waals surface area contributed by atoms with Gasteiger partial charge in [-0.2, -0.15) is 0 Å². The first kappa shape index (κ1) is 7.55. The van der Waals surface area contributed by atoms with Gasteiger partial charge in [0, 0.05) is 16.5 Å². The van der Waals surface area contributed by atoms with Gasteiger partial charge in [-0.3, -0.25) is 0 Å². The summed E-state index contributed by atoms with van der Waals surface area (Å²) in [7, 11) is 1.66. The van der Waals surface area contributed by atoms with Gasteiger partial charge < -0.3 is 9.72 Å². The van der Waals surface area contributed by atoms with Crippen LogP contribution in [0.4, 0.5) is 0 Å². The summed E-state index contributed by atoms with van der Waals surface area (Å²) in [5, 5.41) is 1.10. The molecule has 62 valence electrons. The standard InChI is InChI=1S/C9H9NOS/c1-11-7-2-3-8(12)6-4-5-10-9(6)7/h2-5,10,12H,1H3. The average molecular weight is 179 g/mol. The van der Waals surface area contributed by atoms with Gasteiger partial charge in [0.05, 0.1) is 12.6 Å². The van der Waals surface area contributed by atoms with E-state index >= 15 is 0 Å². The Bertz CT molecular complexity index is 408. The predicted octanol–water partition coefficient (Wildman–Crippen LogP) is 2.47. The summed E-state index contributed by atoms with van der Waals surface area (Å²) in [5.74, 6) is 0.854. The maximum absolute atomic E-state index is 5.18. The maximum atomic E-state index is 5.18. The van der Waals surface area contributed by atoms with E-state index in [0.717, 1.165) is 21.5 Å². The number of benzene rings is 1. The Hall–Kier alpha value is -1.09. The van der Waals surface area contributed by atoms with Crippen molar-refractivity contribution >= 4 is 23.5 Å². The summed E-state index contributed by atoms with van der Waals surface area (Å²) in [5.41, 5.74) is 1.00. The predicted molar refractivity (Wildman–Crippen MR) is 52.1 cm³/mol. The smallest absolute Gasteiger partial charge is 0.142 e. The van der Waals surface area contributed by atoms with Crippen molar-refractivity contribution in [1.82, 2.24) is 4.98 Å². The van der Waals surface area contributed by atoms with E-state index in [4.69, 9.17) is 4.74 Å². The van der Waals surface area contributed by atoms with E-state index in [-0.39, 0.29) is 0 Å². The van der Waals surface area contributed by atoms with E-state index < -0.39 is 0 Å². The molecule has 1 aromatic carbocycles. The molecular formula is C9H9NOS. The molecule has 0 unspecified atom stereocenters. The van der Waals surface area contributed by atoms with Crippen molar-refractivity contribution < 1.29 is 4.74 Å². The van der Waals surface area contributed by atoms with Crippen LogP contribution in [0, 0.1) is 0 Å². The summed E-state index contributed by atoms with van der Waals surface area (Å²) in [6.07, 6.45) is 1.88. The van der Waals surface area contributed by atoms with Crippen molar-refractivity contribution in [3.05, 3.63) is 24.4 Å². The van der Waals surface area contributed by atoms with Crippen LogP contribution in [0.1, 0.15) is 0 Å². The van der Waals surface area contributed by atoms with Crippen LogP contribution in [0.3, 0.4) is 0 Å². The molecule has 1 heterocycles. The van der Waals surface area contributed by atoms with E-state index in [9.17, 15) is 0 Å². The van der Waals surface area contributed by atoms with Gasteiger partial charge in [0.25, 0.3) is 0 Å². The summed E-state index contributed by atoms with van der Waals surface area (Å²) in [4.78, 5) is 4.07. The molecule has 2 nitrogen and oxygen atoms in total. The lowest BCUT2D eigenvalue weighted by Gasteiger charge is -2.02. The van der Waals surface area contributed by atoms with Gasteiger partial charge in [-0.1, -0.05) is 0 Å². The quantitative estimate of drug-likeness (QED) is 0.646. The summed E-state index contributed by atoms with van der Waals surface area (Å²) < 4.78 is 5.18. The third-order valence-corrected chi connectivity index (χ3v) is 2.27. The molecule has 0 aliphatic rings. The average Bonchev–Trinajstić information content (AvgIpc) is 2.54. The molecule has 0 spiro atoms. The van der Waals surface area contributed by atoms with Crippen molar-refractivity contribution in [3.8, 4) is 5.75 Å². The van der Waals surface area contributed by atoms with Crippen LogP contribution in [0.15, 0.2) is 29.3 Å². The molecule has 0 aliphatic carbocycles. The highest BCUT2D eigenvalue weighted by Gasteiger charge is 2.03. The highest BCUT2D eigenvalue weighted by molar-refractivity contribution is 7.80. The molecule has 0 radical (unpaired) electrons. The summed E-state index contributed by atoms with van der Waals surface area (Å²) >= 11 is 4.33. The van der Waals surface area contributed by atoms with Crippen LogP contribution in [0.5, 0.6) is 5.75 Å². The lowest BCUT2D eigenvalue weighted by Crippen LogP contribution is -1.83. The Morgan fingerprint density at radius 3 is 2.92 bits per heavy atom. The zero-order chi connectivity index (χ0) is 8.55. The fourth-order valence-corrected chi connectivity index (χ4v) is 1.55. The molecule has 0 bridgehead atoms. The molecule has 1 aromatic heterocycles. The number of aromatic nitrogens is 1. The van der Waals surface area contributed by atoms with Crippen molar-refractivity contribution in [2.24, 2.45) is 0 Å². The normalized spacial score (nSPS) is 10.5. The van der Waals surface area contributed by atoms with Gasteiger partial charge in [0.1, 0.15) is 5.75 Å². The van der Waals surface area contributed by atoms with Gasteiger partial charge in [-0.25, -0.2) is 0 Å². The molecule has 0 aliphatic heterocycles. The zero-order valence-corrected chi connectivity index (χ0v) is 7.56. The minimum Gasteiger partial charge on any atom is -0.495 e. The topological polar surface area (TPSA) is 25.0 Å². The van der Waals surface area contributed by atoms with Crippen LogP contribution >= 0.6 is 12.6 Å². The third-order valence-electron chi connectivity index (χ3n) is 1.88. The van der Waals surface area contributed by atoms with Crippen molar-refractivity contribution in [2.75, 3.05) is 7.11 Å². The van der Waals surface area contributed by atoms with Crippen molar-refractivity contribution in [1.29, 1.82) is 0 Å². The van der Waals surface area contributed by atoms with E-state index in [2.05, 4.69) is 17.6 Å². The number of thiol groups is 1. The van der Waals surface area contributed by atoms with Crippen molar-refractivity contribution in [2.45, 2.75) is 4.90 Å². The van der Waals surface area contributed by atoms with E-state index in [1.54, 1.807) is 7.11 Å². The molecule has 0 amide bonds. The molecule has 3 heteroatoms. The van der Waals surface area contributed by atoms with Crippen LogP contribution in [0.2, 0.25) is 0 Å². The lowest BCUT2D eigenvalue weighted by atomic mass is 10.2. The number of hydrogen-bond donors (Lipinski definition) is 2. The number of hydrogen-bond acceptors (Lipinski definition) is 2. The number of aromatic amines is 1. The Morgan fingerprint density at radius 2 is 2.17 bits per heavy atom. The number of methoxy groups -OCH3 is 1. The monoisotopic (exact) mass is 179 g/mol. The molecular weight excluding hydrogens is 170 g/mol. The minimum atomic E-state index is 0.854. The molecule has 0 saturated heterocycles. The van der Waals surface area contributed by atoms with Crippen LogP contribution in [0.25, 0.3) is 10.9 Å². The van der Waals surface area contributed by atoms with E-state index in [0.29, 0.717) is 0 Å².